The van der Waals surface area contributed by atoms with Gasteiger partial charge in [0, 0.05) is 10.9 Å². The van der Waals surface area contributed by atoms with Crippen LogP contribution in [-0.4, -0.2) is 17.9 Å². The van der Waals surface area contributed by atoms with Gasteiger partial charge in [-0.25, -0.2) is 0 Å². The van der Waals surface area contributed by atoms with Crippen molar-refractivity contribution in [2.24, 2.45) is 5.73 Å². The SMILES string of the molecule is NC(=O)[C@@H](Cc1ccc(Br)cc1)NC(=O)C(c1ccccc1)(c1ccccc1)c1ccccc1. The molecule has 0 aliphatic carbocycles. The summed E-state index contributed by atoms with van der Waals surface area (Å²) in [6, 6.07) is 35.6. The second-order valence-electron chi connectivity index (χ2n) is 8.11. The predicted octanol–water partition coefficient (Wildman–Crippen LogP) is 5.00. The monoisotopic (exact) mass is 512 g/mol. The average Bonchev–Trinajstić information content (AvgIpc) is 2.87. The first-order chi connectivity index (χ1) is 16.5. The lowest BCUT2D eigenvalue weighted by Gasteiger charge is -2.35. The maximum absolute atomic E-state index is 14.3. The first-order valence-electron chi connectivity index (χ1n) is 11.0. The molecule has 4 nitrogen and oxygen atoms in total. The molecule has 2 amide bonds. The van der Waals surface area contributed by atoms with Crippen LogP contribution in [-0.2, 0) is 21.4 Å². The zero-order valence-corrected chi connectivity index (χ0v) is 20.1. The number of halogens is 1. The fourth-order valence-corrected chi connectivity index (χ4v) is 4.57. The minimum Gasteiger partial charge on any atom is -0.368 e. The van der Waals surface area contributed by atoms with Crippen LogP contribution < -0.4 is 11.1 Å². The summed E-state index contributed by atoms with van der Waals surface area (Å²) in [5, 5.41) is 2.99. The van der Waals surface area contributed by atoms with Crippen LogP contribution in [0.2, 0.25) is 0 Å². The zero-order chi connectivity index (χ0) is 24.0. The van der Waals surface area contributed by atoms with Gasteiger partial charge in [-0.2, -0.15) is 0 Å². The van der Waals surface area contributed by atoms with Crippen LogP contribution in [0, 0.1) is 0 Å². The van der Waals surface area contributed by atoms with Gasteiger partial charge in [-0.3, -0.25) is 9.59 Å². The third-order valence-corrected chi connectivity index (χ3v) is 6.49. The molecule has 0 aliphatic heterocycles. The lowest BCUT2D eigenvalue weighted by Crippen LogP contribution is -2.54. The number of primary amides is 1. The van der Waals surface area contributed by atoms with E-state index in [1.54, 1.807) is 0 Å². The maximum atomic E-state index is 14.3. The van der Waals surface area contributed by atoms with E-state index in [-0.39, 0.29) is 5.91 Å². The smallest absolute Gasteiger partial charge is 0.240 e. The number of carbonyl (C=O) groups excluding carboxylic acids is 2. The van der Waals surface area contributed by atoms with Gasteiger partial charge in [-0.1, -0.05) is 119 Å². The summed E-state index contributed by atoms with van der Waals surface area (Å²) in [5.74, 6) is -0.892. The van der Waals surface area contributed by atoms with E-state index < -0.39 is 17.4 Å². The third kappa shape index (κ3) is 4.80. The highest BCUT2D eigenvalue weighted by Crippen LogP contribution is 2.39. The molecule has 3 N–H and O–H groups in total. The number of rotatable bonds is 8. The van der Waals surface area contributed by atoms with Crippen LogP contribution in [0.4, 0.5) is 0 Å². The van der Waals surface area contributed by atoms with E-state index in [0.717, 1.165) is 26.7 Å². The van der Waals surface area contributed by atoms with Crippen molar-refractivity contribution in [1.82, 2.24) is 5.32 Å². The lowest BCUT2D eigenvalue weighted by molar-refractivity contribution is -0.129. The van der Waals surface area contributed by atoms with Crippen molar-refractivity contribution < 1.29 is 9.59 Å². The Morgan fingerprint density at radius 1 is 0.706 bits per heavy atom. The topological polar surface area (TPSA) is 72.2 Å². The molecule has 34 heavy (non-hydrogen) atoms. The molecule has 0 bridgehead atoms. The van der Waals surface area contributed by atoms with Gasteiger partial charge in [-0.15, -0.1) is 0 Å². The minimum absolute atomic E-state index is 0.294. The molecule has 0 aliphatic rings. The number of nitrogens with one attached hydrogen (secondary N) is 1. The second-order valence-corrected chi connectivity index (χ2v) is 9.02. The van der Waals surface area contributed by atoms with Gasteiger partial charge in [0.05, 0.1) is 0 Å². The normalized spacial score (nSPS) is 12.0. The number of amides is 2. The van der Waals surface area contributed by atoms with Crippen molar-refractivity contribution in [3.63, 3.8) is 0 Å². The highest BCUT2D eigenvalue weighted by molar-refractivity contribution is 9.10. The summed E-state index contributed by atoms with van der Waals surface area (Å²) in [6.07, 6.45) is 0.294. The van der Waals surface area contributed by atoms with Crippen molar-refractivity contribution in [3.8, 4) is 0 Å². The molecule has 0 radical (unpaired) electrons. The Balaban J connectivity index is 1.83. The molecule has 0 spiro atoms. The zero-order valence-electron chi connectivity index (χ0n) is 18.5. The number of hydrogen-bond acceptors (Lipinski definition) is 2. The van der Waals surface area contributed by atoms with Gasteiger partial charge in [0.1, 0.15) is 11.5 Å². The summed E-state index contributed by atoms with van der Waals surface area (Å²) in [4.78, 5) is 26.7. The predicted molar refractivity (Wildman–Crippen MR) is 138 cm³/mol. The molecule has 0 unspecified atom stereocenters. The number of nitrogens with two attached hydrogens (primary N) is 1. The van der Waals surface area contributed by atoms with E-state index in [0.29, 0.717) is 6.42 Å². The molecule has 0 heterocycles. The Labute approximate surface area is 208 Å². The Bertz CT molecular complexity index is 1150. The molecule has 1 atom stereocenters. The van der Waals surface area contributed by atoms with Crippen LogP contribution in [0.5, 0.6) is 0 Å². The molecular weight excluding hydrogens is 488 g/mol. The first kappa shape index (κ1) is 23.5. The van der Waals surface area contributed by atoms with E-state index in [4.69, 9.17) is 5.73 Å². The fourth-order valence-electron chi connectivity index (χ4n) is 4.30. The largest absolute Gasteiger partial charge is 0.368 e. The molecule has 4 rings (SSSR count). The fraction of sp³-hybridized carbons (Fsp3) is 0.103. The molecule has 170 valence electrons. The molecule has 0 saturated carbocycles. The van der Waals surface area contributed by atoms with E-state index >= 15 is 0 Å². The second kappa shape index (κ2) is 10.5. The molecule has 5 heteroatoms. The van der Waals surface area contributed by atoms with Gasteiger partial charge in [0.25, 0.3) is 0 Å². The Hall–Kier alpha value is -3.70. The van der Waals surface area contributed by atoms with Crippen LogP contribution >= 0.6 is 15.9 Å². The van der Waals surface area contributed by atoms with E-state index in [9.17, 15) is 9.59 Å². The van der Waals surface area contributed by atoms with Crippen molar-refractivity contribution in [2.45, 2.75) is 17.9 Å². The Morgan fingerprint density at radius 2 is 1.12 bits per heavy atom. The number of carbonyl (C=O) groups is 2. The van der Waals surface area contributed by atoms with Gasteiger partial charge in [0.2, 0.25) is 11.8 Å². The quantitative estimate of drug-likeness (QED) is 0.326. The Morgan fingerprint density at radius 3 is 1.50 bits per heavy atom. The minimum atomic E-state index is -1.17. The lowest BCUT2D eigenvalue weighted by atomic mass is 9.68. The Kier molecular flexibility index (Phi) is 7.24. The van der Waals surface area contributed by atoms with Gasteiger partial charge >= 0.3 is 0 Å². The highest BCUT2D eigenvalue weighted by atomic mass is 79.9. The molecule has 0 aromatic heterocycles. The summed E-state index contributed by atoms with van der Waals surface area (Å²) >= 11 is 3.42. The molecular formula is C29H25BrN2O2. The summed E-state index contributed by atoms with van der Waals surface area (Å²) in [7, 11) is 0. The van der Waals surface area contributed by atoms with Gasteiger partial charge in [-0.05, 0) is 34.4 Å². The van der Waals surface area contributed by atoms with Crippen molar-refractivity contribution in [3.05, 3.63) is 142 Å². The number of benzene rings is 4. The van der Waals surface area contributed by atoms with E-state index in [2.05, 4.69) is 21.2 Å². The first-order valence-corrected chi connectivity index (χ1v) is 11.8. The average molecular weight is 513 g/mol. The van der Waals surface area contributed by atoms with Gasteiger partial charge in [0.15, 0.2) is 0 Å². The van der Waals surface area contributed by atoms with Crippen molar-refractivity contribution in [2.75, 3.05) is 0 Å². The van der Waals surface area contributed by atoms with Crippen LogP contribution in [0.1, 0.15) is 22.3 Å². The van der Waals surface area contributed by atoms with Crippen LogP contribution in [0.3, 0.4) is 0 Å². The molecule has 4 aromatic rings. The summed E-state index contributed by atoms with van der Waals surface area (Å²) in [6.45, 7) is 0. The third-order valence-electron chi connectivity index (χ3n) is 5.96. The number of hydrogen-bond donors (Lipinski definition) is 2. The van der Waals surface area contributed by atoms with Crippen LogP contribution in [0.15, 0.2) is 120 Å². The van der Waals surface area contributed by atoms with E-state index in [1.165, 1.54) is 0 Å². The highest BCUT2D eigenvalue weighted by Gasteiger charge is 2.44. The summed E-state index contributed by atoms with van der Waals surface area (Å²) < 4.78 is 0.937. The van der Waals surface area contributed by atoms with Gasteiger partial charge < -0.3 is 11.1 Å². The molecule has 0 fully saturated rings. The summed E-state index contributed by atoms with van der Waals surface area (Å²) in [5.41, 5.74) is 7.90. The van der Waals surface area contributed by atoms with E-state index in [1.807, 2.05) is 115 Å². The van der Waals surface area contributed by atoms with Crippen molar-refractivity contribution in [1.29, 1.82) is 0 Å². The molecule has 0 saturated heterocycles. The van der Waals surface area contributed by atoms with Crippen molar-refractivity contribution >= 4 is 27.7 Å². The van der Waals surface area contributed by atoms with Crippen LogP contribution in [0.25, 0.3) is 0 Å². The standard InChI is InChI=1S/C29H25BrN2O2/c30-25-18-16-21(17-19-25)20-26(27(31)33)32-28(34)29(22-10-4-1-5-11-22,23-12-6-2-7-13-23)24-14-8-3-9-15-24/h1-19,26H,20H2,(H2,31,33)(H,32,34)/t26-/m1/s1. The maximum Gasteiger partial charge on any atom is 0.240 e. The molecule has 4 aromatic carbocycles.